The fourth-order valence-corrected chi connectivity index (χ4v) is 3.20. The van der Waals surface area contributed by atoms with E-state index in [1.807, 2.05) is 24.3 Å². The number of nitrogens with zero attached hydrogens (tertiary/aromatic N) is 2. The van der Waals surface area contributed by atoms with Gasteiger partial charge in [0.15, 0.2) is 5.58 Å². The molecule has 1 aromatic heterocycles. The van der Waals surface area contributed by atoms with Crippen LogP contribution in [0.2, 0.25) is 0 Å². The van der Waals surface area contributed by atoms with Gasteiger partial charge in [0, 0.05) is 18.8 Å². The van der Waals surface area contributed by atoms with Crippen molar-refractivity contribution in [3.63, 3.8) is 0 Å². The molecular formula is C19H19FN4O2. The van der Waals surface area contributed by atoms with Crippen molar-refractivity contribution in [2.75, 3.05) is 23.3 Å². The minimum atomic E-state index is -0.337. The molecule has 2 heterocycles. The Morgan fingerprint density at radius 2 is 2.04 bits per heavy atom. The first-order chi connectivity index (χ1) is 12.7. The lowest BCUT2D eigenvalue weighted by Gasteiger charge is -2.23. The molecule has 7 heteroatoms. The Morgan fingerprint density at radius 3 is 2.85 bits per heavy atom. The molecule has 1 fully saturated rings. The molecule has 1 aliphatic heterocycles. The highest BCUT2D eigenvalue weighted by atomic mass is 19.1. The molecule has 0 spiro atoms. The number of carbonyl (C=O) groups excluding carboxylic acids is 1. The highest BCUT2D eigenvalue weighted by molar-refractivity contribution is 5.89. The van der Waals surface area contributed by atoms with Crippen LogP contribution in [0.25, 0.3) is 11.1 Å². The average molecular weight is 354 g/mol. The topological polar surface area (TPSA) is 70.4 Å². The Kier molecular flexibility index (Phi) is 4.43. The molecule has 134 valence electrons. The standard InChI is InChI=1S/C19H19FN4O2/c20-13-7-9-14(10-8-13)22-18(25)21-12-15-4-3-11-24(15)19-23-16-5-1-2-6-17(16)26-19/h1-2,5-10,15H,3-4,11-12H2,(H2,21,22,25). The van der Waals surface area contributed by atoms with Crippen LogP contribution in [0, 0.1) is 5.82 Å². The number of para-hydroxylation sites is 2. The SMILES string of the molecule is O=C(NCC1CCCN1c1nc2ccccc2o1)Nc1ccc(F)cc1. The minimum Gasteiger partial charge on any atom is -0.423 e. The second-order valence-electron chi connectivity index (χ2n) is 6.30. The summed E-state index contributed by atoms with van der Waals surface area (Å²) >= 11 is 0. The van der Waals surface area contributed by atoms with Crippen molar-refractivity contribution in [1.29, 1.82) is 0 Å². The van der Waals surface area contributed by atoms with E-state index < -0.39 is 0 Å². The first kappa shape index (κ1) is 16.4. The Hall–Kier alpha value is -3.09. The van der Waals surface area contributed by atoms with Crippen molar-refractivity contribution in [1.82, 2.24) is 10.3 Å². The van der Waals surface area contributed by atoms with Crippen molar-refractivity contribution in [3.05, 3.63) is 54.3 Å². The number of rotatable bonds is 4. The zero-order valence-electron chi connectivity index (χ0n) is 14.1. The monoisotopic (exact) mass is 354 g/mol. The fourth-order valence-electron chi connectivity index (χ4n) is 3.20. The van der Waals surface area contributed by atoms with E-state index >= 15 is 0 Å². The number of carbonyl (C=O) groups is 1. The van der Waals surface area contributed by atoms with Gasteiger partial charge in [-0.15, -0.1) is 0 Å². The van der Waals surface area contributed by atoms with Gasteiger partial charge in [0.1, 0.15) is 11.3 Å². The zero-order valence-corrected chi connectivity index (χ0v) is 14.1. The maximum atomic E-state index is 12.9. The maximum absolute atomic E-state index is 12.9. The van der Waals surface area contributed by atoms with Crippen LogP contribution in [0.1, 0.15) is 12.8 Å². The average Bonchev–Trinajstić information content (AvgIpc) is 3.28. The number of benzene rings is 2. The van der Waals surface area contributed by atoms with Crippen LogP contribution in [-0.2, 0) is 0 Å². The van der Waals surface area contributed by atoms with Gasteiger partial charge in [0.2, 0.25) is 0 Å². The van der Waals surface area contributed by atoms with Crippen LogP contribution in [0.15, 0.2) is 52.9 Å². The molecule has 2 aromatic carbocycles. The summed E-state index contributed by atoms with van der Waals surface area (Å²) < 4.78 is 18.8. The highest BCUT2D eigenvalue weighted by Gasteiger charge is 2.28. The first-order valence-corrected chi connectivity index (χ1v) is 8.62. The third-order valence-corrected chi connectivity index (χ3v) is 4.51. The van der Waals surface area contributed by atoms with Crippen LogP contribution < -0.4 is 15.5 Å². The van der Waals surface area contributed by atoms with E-state index in [0.29, 0.717) is 18.2 Å². The lowest BCUT2D eigenvalue weighted by molar-refractivity contribution is 0.251. The minimum absolute atomic E-state index is 0.127. The van der Waals surface area contributed by atoms with Crippen LogP contribution >= 0.6 is 0 Å². The van der Waals surface area contributed by atoms with Crippen LogP contribution in [0.4, 0.5) is 20.9 Å². The number of urea groups is 1. The number of fused-ring (bicyclic) bond motifs is 1. The number of oxazole rings is 1. The van der Waals surface area contributed by atoms with E-state index in [1.54, 1.807) is 0 Å². The van der Waals surface area contributed by atoms with Gasteiger partial charge in [-0.3, -0.25) is 0 Å². The largest absolute Gasteiger partial charge is 0.423 e. The van der Waals surface area contributed by atoms with E-state index in [9.17, 15) is 9.18 Å². The molecule has 4 rings (SSSR count). The predicted molar refractivity (Wildman–Crippen MR) is 97.8 cm³/mol. The third-order valence-electron chi connectivity index (χ3n) is 4.51. The quantitative estimate of drug-likeness (QED) is 0.748. The van der Waals surface area contributed by atoms with Crippen LogP contribution in [0.3, 0.4) is 0 Å². The highest BCUT2D eigenvalue weighted by Crippen LogP contribution is 2.28. The summed E-state index contributed by atoms with van der Waals surface area (Å²) in [6.07, 6.45) is 1.97. The number of hydrogen-bond acceptors (Lipinski definition) is 4. The van der Waals surface area contributed by atoms with E-state index in [1.165, 1.54) is 24.3 Å². The second kappa shape index (κ2) is 7.03. The molecular weight excluding hydrogens is 335 g/mol. The molecule has 1 atom stereocenters. The summed E-state index contributed by atoms with van der Waals surface area (Å²) in [7, 11) is 0. The van der Waals surface area contributed by atoms with Crippen molar-refractivity contribution < 1.29 is 13.6 Å². The van der Waals surface area contributed by atoms with Gasteiger partial charge in [-0.25, -0.2) is 9.18 Å². The molecule has 3 aromatic rings. The summed E-state index contributed by atoms with van der Waals surface area (Å²) in [5.74, 6) is -0.337. The molecule has 0 radical (unpaired) electrons. The number of amides is 2. The molecule has 0 aliphatic carbocycles. The third kappa shape index (κ3) is 3.46. The Labute approximate surface area is 150 Å². The number of hydrogen-bond donors (Lipinski definition) is 2. The second-order valence-corrected chi connectivity index (χ2v) is 6.30. The fraction of sp³-hybridized carbons (Fsp3) is 0.263. The molecule has 0 saturated carbocycles. The Bertz CT molecular complexity index is 876. The van der Waals surface area contributed by atoms with Gasteiger partial charge in [0.25, 0.3) is 6.01 Å². The van der Waals surface area contributed by atoms with Crippen molar-refractivity contribution in [2.45, 2.75) is 18.9 Å². The van der Waals surface area contributed by atoms with E-state index in [-0.39, 0.29) is 17.9 Å². The maximum Gasteiger partial charge on any atom is 0.319 e. The van der Waals surface area contributed by atoms with Gasteiger partial charge < -0.3 is 20.0 Å². The summed E-state index contributed by atoms with van der Waals surface area (Å²) in [5.41, 5.74) is 2.14. The van der Waals surface area contributed by atoms with Gasteiger partial charge in [0.05, 0.1) is 6.04 Å². The van der Waals surface area contributed by atoms with E-state index in [4.69, 9.17) is 4.42 Å². The first-order valence-electron chi connectivity index (χ1n) is 8.62. The van der Waals surface area contributed by atoms with Gasteiger partial charge >= 0.3 is 6.03 Å². The molecule has 2 N–H and O–H groups in total. The van der Waals surface area contributed by atoms with Crippen molar-refractivity contribution in [2.24, 2.45) is 0 Å². The van der Waals surface area contributed by atoms with Crippen molar-refractivity contribution >= 4 is 28.8 Å². The van der Waals surface area contributed by atoms with Crippen LogP contribution in [-0.4, -0.2) is 30.1 Å². The lowest BCUT2D eigenvalue weighted by Crippen LogP contribution is -2.41. The smallest absolute Gasteiger partial charge is 0.319 e. The van der Waals surface area contributed by atoms with Gasteiger partial charge in [-0.2, -0.15) is 4.98 Å². The van der Waals surface area contributed by atoms with Gasteiger partial charge in [-0.1, -0.05) is 12.1 Å². The predicted octanol–water partition coefficient (Wildman–Crippen LogP) is 3.76. The molecule has 1 saturated heterocycles. The molecule has 6 nitrogen and oxygen atoms in total. The lowest BCUT2D eigenvalue weighted by atomic mass is 10.2. The van der Waals surface area contributed by atoms with E-state index in [2.05, 4.69) is 20.5 Å². The number of anilines is 2. The number of halogens is 1. The molecule has 1 unspecified atom stereocenters. The number of nitrogens with one attached hydrogen (secondary N) is 2. The number of aromatic nitrogens is 1. The van der Waals surface area contributed by atoms with Crippen molar-refractivity contribution in [3.8, 4) is 0 Å². The van der Waals surface area contributed by atoms with Gasteiger partial charge in [-0.05, 0) is 49.2 Å². The molecule has 0 bridgehead atoms. The summed E-state index contributed by atoms with van der Waals surface area (Å²) in [4.78, 5) is 18.7. The molecule has 1 aliphatic rings. The summed E-state index contributed by atoms with van der Waals surface area (Å²) in [6.45, 7) is 1.32. The Balaban J connectivity index is 1.37. The molecule has 26 heavy (non-hydrogen) atoms. The zero-order chi connectivity index (χ0) is 17.9. The van der Waals surface area contributed by atoms with Crippen LogP contribution in [0.5, 0.6) is 0 Å². The summed E-state index contributed by atoms with van der Waals surface area (Å²) in [5, 5.41) is 5.56. The molecule has 2 amide bonds. The summed E-state index contributed by atoms with van der Waals surface area (Å²) in [6, 6.07) is 13.7. The Morgan fingerprint density at radius 1 is 1.23 bits per heavy atom. The normalized spacial score (nSPS) is 16.8. The van der Waals surface area contributed by atoms with E-state index in [0.717, 1.165) is 30.5 Å².